The second-order valence-corrected chi connectivity index (χ2v) is 12.3. The lowest BCUT2D eigenvalue weighted by Gasteiger charge is -2.36. The summed E-state index contributed by atoms with van der Waals surface area (Å²) in [5.74, 6) is 1.32. The quantitative estimate of drug-likeness (QED) is 0.330. The molecule has 12 heteroatoms. The zero-order chi connectivity index (χ0) is 30.1. The van der Waals surface area contributed by atoms with Gasteiger partial charge in [-0.15, -0.1) is 10.2 Å². The van der Waals surface area contributed by atoms with Crippen LogP contribution in [-0.4, -0.2) is 67.5 Å². The van der Waals surface area contributed by atoms with Crippen molar-refractivity contribution in [2.45, 2.75) is 71.4 Å². The number of nitrogens with one attached hydrogen (secondary N) is 1. The summed E-state index contributed by atoms with van der Waals surface area (Å²) in [6, 6.07) is 10.0. The maximum atomic E-state index is 13.7. The first-order chi connectivity index (χ1) is 20.6. The number of hydrogen-bond acceptors (Lipinski definition) is 10. The number of ether oxygens (including phenoxy) is 1. The number of carbonyl (C=O) groups excluding carboxylic acids is 1. The summed E-state index contributed by atoms with van der Waals surface area (Å²) in [4.78, 5) is 39.5. The van der Waals surface area contributed by atoms with Crippen LogP contribution in [0.4, 0.5) is 22.1 Å². The molecule has 226 valence electrons. The Balaban J connectivity index is 1.18. The Morgan fingerprint density at radius 3 is 2.44 bits per heavy atom. The highest BCUT2D eigenvalue weighted by molar-refractivity contribution is 5.77. The Labute approximate surface area is 250 Å². The van der Waals surface area contributed by atoms with Crippen molar-refractivity contribution in [1.29, 1.82) is 0 Å². The van der Waals surface area contributed by atoms with Crippen molar-refractivity contribution in [3.63, 3.8) is 0 Å². The third-order valence-electron chi connectivity index (χ3n) is 7.87. The van der Waals surface area contributed by atoms with Gasteiger partial charge in [-0.2, -0.15) is 4.98 Å². The highest BCUT2D eigenvalue weighted by Crippen LogP contribution is 2.31. The Bertz CT molecular complexity index is 1660. The van der Waals surface area contributed by atoms with Gasteiger partial charge in [-0.25, -0.2) is 9.78 Å². The monoisotopic (exact) mass is 586 g/mol. The molecule has 0 atom stereocenters. The summed E-state index contributed by atoms with van der Waals surface area (Å²) < 4.78 is 12.9. The van der Waals surface area contributed by atoms with E-state index in [0.717, 1.165) is 55.5 Å². The van der Waals surface area contributed by atoms with Crippen LogP contribution in [0.2, 0.25) is 0 Å². The van der Waals surface area contributed by atoms with Crippen LogP contribution in [0.5, 0.6) is 0 Å². The van der Waals surface area contributed by atoms with Gasteiger partial charge >= 0.3 is 6.09 Å². The maximum Gasteiger partial charge on any atom is 0.410 e. The predicted molar refractivity (Wildman–Crippen MR) is 163 cm³/mol. The zero-order valence-electron chi connectivity index (χ0n) is 25.2. The van der Waals surface area contributed by atoms with E-state index in [1.165, 1.54) is 0 Å². The van der Waals surface area contributed by atoms with Gasteiger partial charge in [0, 0.05) is 67.7 Å². The molecule has 1 saturated carbocycles. The minimum absolute atomic E-state index is 0.0731. The fourth-order valence-corrected chi connectivity index (χ4v) is 5.80. The average molecular weight is 587 g/mol. The van der Waals surface area contributed by atoms with E-state index in [9.17, 15) is 9.59 Å². The summed E-state index contributed by atoms with van der Waals surface area (Å²) >= 11 is 0. The zero-order valence-corrected chi connectivity index (χ0v) is 25.2. The Morgan fingerprint density at radius 2 is 1.79 bits per heavy atom. The molecule has 0 radical (unpaired) electrons. The second-order valence-electron chi connectivity index (χ2n) is 12.3. The van der Waals surface area contributed by atoms with E-state index in [1.54, 1.807) is 18.0 Å². The van der Waals surface area contributed by atoms with Crippen molar-refractivity contribution in [2.75, 3.05) is 36.4 Å². The summed E-state index contributed by atoms with van der Waals surface area (Å²) in [5.41, 5.74) is 2.56. The summed E-state index contributed by atoms with van der Waals surface area (Å²) in [6.45, 7) is 10.1. The Morgan fingerprint density at radius 1 is 1.07 bits per heavy atom. The van der Waals surface area contributed by atoms with Crippen molar-refractivity contribution < 1.29 is 13.9 Å². The molecular weight excluding hydrogens is 548 g/mol. The lowest BCUT2D eigenvalue weighted by Crippen LogP contribution is -2.50. The number of benzene rings is 1. The van der Waals surface area contributed by atoms with Crippen molar-refractivity contribution in [2.24, 2.45) is 0 Å². The second kappa shape index (κ2) is 11.7. The number of piperazine rings is 1. The van der Waals surface area contributed by atoms with E-state index < -0.39 is 5.60 Å². The summed E-state index contributed by atoms with van der Waals surface area (Å²) in [6.07, 6.45) is 5.82. The number of amides is 1. The molecule has 2 fully saturated rings. The topological polar surface area (TPSA) is 132 Å². The molecule has 0 spiro atoms. The van der Waals surface area contributed by atoms with Gasteiger partial charge in [-0.05, 0) is 63.9 Å². The number of rotatable bonds is 6. The molecule has 0 bridgehead atoms. The van der Waals surface area contributed by atoms with Gasteiger partial charge < -0.3 is 24.3 Å². The number of hydrogen-bond donors (Lipinski definition) is 1. The van der Waals surface area contributed by atoms with Crippen LogP contribution in [0, 0.1) is 6.92 Å². The molecule has 4 heterocycles. The van der Waals surface area contributed by atoms with Crippen LogP contribution < -0.4 is 15.8 Å². The van der Waals surface area contributed by atoms with E-state index in [4.69, 9.17) is 14.1 Å². The first-order valence-corrected chi connectivity index (χ1v) is 14.9. The molecule has 43 heavy (non-hydrogen) atoms. The molecule has 6 rings (SSSR count). The third kappa shape index (κ3) is 6.47. The maximum absolute atomic E-state index is 13.7. The predicted octanol–water partition coefficient (Wildman–Crippen LogP) is 4.99. The van der Waals surface area contributed by atoms with E-state index in [1.807, 2.05) is 55.7 Å². The molecule has 1 aliphatic carbocycles. The minimum atomic E-state index is -0.502. The summed E-state index contributed by atoms with van der Waals surface area (Å²) in [7, 11) is 0. The number of aromatic nitrogens is 5. The molecule has 2 aliphatic rings. The SMILES string of the molecule is Cc1nnc(Cc2cc3cnc(Nc4ccc(N5CCN(C(=O)OC(C)(C)C)CC5)cc4)nc3n(C3CCCC3)c2=O)o1. The number of fused-ring (bicyclic) bond motifs is 1. The smallest absolute Gasteiger partial charge is 0.410 e. The van der Waals surface area contributed by atoms with Gasteiger partial charge in [0.1, 0.15) is 11.2 Å². The molecule has 4 aromatic rings. The van der Waals surface area contributed by atoms with Crippen LogP contribution >= 0.6 is 0 Å². The number of nitrogens with zero attached hydrogens (tertiary/aromatic N) is 7. The molecule has 1 N–H and O–H groups in total. The minimum Gasteiger partial charge on any atom is -0.444 e. The van der Waals surface area contributed by atoms with Gasteiger partial charge in [0.05, 0.1) is 6.42 Å². The Hall–Kier alpha value is -4.48. The van der Waals surface area contributed by atoms with Crippen LogP contribution in [-0.2, 0) is 11.2 Å². The fourth-order valence-electron chi connectivity index (χ4n) is 5.80. The average Bonchev–Trinajstić information content (AvgIpc) is 3.65. The highest BCUT2D eigenvalue weighted by Gasteiger charge is 2.26. The lowest BCUT2D eigenvalue weighted by atomic mass is 10.1. The van der Waals surface area contributed by atoms with Crippen LogP contribution in [0.15, 0.2) is 45.7 Å². The van der Waals surface area contributed by atoms with Gasteiger partial charge in [0.15, 0.2) is 0 Å². The van der Waals surface area contributed by atoms with Gasteiger partial charge in [-0.3, -0.25) is 9.36 Å². The Kier molecular flexibility index (Phi) is 7.76. The molecule has 1 amide bonds. The highest BCUT2D eigenvalue weighted by atomic mass is 16.6. The first-order valence-electron chi connectivity index (χ1n) is 14.9. The molecule has 1 aliphatic heterocycles. The third-order valence-corrected chi connectivity index (χ3v) is 7.87. The number of aryl methyl sites for hydroxylation is 1. The normalized spacial score (nSPS) is 16.2. The summed E-state index contributed by atoms with van der Waals surface area (Å²) in [5, 5.41) is 12.1. The van der Waals surface area contributed by atoms with Gasteiger partial charge in [0.25, 0.3) is 5.56 Å². The van der Waals surface area contributed by atoms with Gasteiger partial charge in [0.2, 0.25) is 17.7 Å². The fraction of sp³-hybridized carbons (Fsp3) is 0.484. The van der Waals surface area contributed by atoms with Crippen molar-refractivity contribution in [3.8, 4) is 0 Å². The molecule has 1 aromatic carbocycles. The van der Waals surface area contributed by atoms with Crippen LogP contribution in [0.3, 0.4) is 0 Å². The van der Waals surface area contributed by atoms with E-state index >= 15 is 0 Å². The lowest BCUT2D eigenvalue weighted by molar-refractivity contribution is 0.0240. The van der Waals surface area contributed by atoms with Crippen molar-refractivity contribution in [1.82, 2.24) is 29.6 Å². The first kappa shape index (κ1) is 28.6. The molecular formula is C31H38N8O4. The van der Waals surface area contributed by atoms with Gasteiger partial charge in [-0.1, -0.05) is 12.8 Å². The van der Waals surface area contributed by atoms with Crippen LogP contribution in [0.25, 0.3) is 11.0 Å². The number of carbonyl (C=O) groups is 1. The molecule has 1 saturated heterocycles. The van der Waals surface area contributed by atoms with Crippen LogP contribution in [0.1, 0.15) is 69.8 Å². The van der Waals surface area contributed by atoms with E-state index in [0.29, 0.717) is 42.0 Å². The van der Waals surface area contributed by atoms with Crippen molar-refractivity contribution in [3.05, 3.63) is 64.2 Å². The standard InChI is InChI=1S/C31H38N8O4/c1-20-35-36-26(42-20)18-21-17-22-19-32-29(34-27(22)39(28(21)40)25-7-5-6-8-25)33-23-9-11-24(12-10-23)37-13-15-38(16-14-37)30(41)43-31(2,3)4/h9-12,17,19,25H,5-8,13-16,18H2,1-4H3,(H,32,33,34). The molecule has 3 aromatic heterocycles. The largest absolute Gasteiger partial charge is 0.444 e. The molecule has 0 unspecified atom stereocenters. The number of anilines is 3. The van der Waals surface area contributed by atoms with E-state index in [2.05, 4.69) is 25.4 Å². The molecule has 12 nitrogen and oxygen atoms in total. The number of pyridine rings is 1. The van der Waals surface area contributed by atoms with Crippen molar-refractivity contribution >= 4 is 34.4 Å². The van der Waals surface area contributed by atoms with E-state index in [-0.39, 0.29) is 24.1 Å².